The lowest BCUT2D eigenvalue weighted by Gasteiger charge is -2.02. The van der Waals surface area contributed by atoms with Gasteiger partial charge in [-0.25, -0.2) is 4.39 Å². The summed E-state index contributed by atoms with van der Waals surface area (Å²) in [5.74, 6) is -0.488. The van der Waals surface area contributed by atoms with Gasteiger partial charge in [0.1, 0.15) is 6.33 Å². The number of halogens is 1. The number of hydrogen-bond donors (Lipinski definition) is 1. The molecule has 0 saturated heterocycles. The van der Waals surface area contributed by atoms with Crippen molar-refractivity contribution in [3.05, 3.63) is 30.3 Å². The van der Waals surface area contributed by atoms with Crippen molar-refractivity contribution >= 4 is 5.69 Å². The molecule has 0 saturated carbocycles. The number of nitrogen functional groups attached to an aromatic ring is 1. The molecule has 78 valence electrons. The van der Waals surface area contributed by atoms with Crippen molar-refractivity contribution in [3.8, 4) is 11.8 Å². The summed E-state index contributed by atoms with van der Waals surface area (Å²) < 4.78 is 19.8. The van der Waals surface area contributed by atoms with Crippen LogP contribution in [0.3, 0.4) is 0 Å². The molecule has 2 aromatic rings. The molecule has 0 aliphatic carbocycles. The third-order valence-electron chi connectivity index (χ3n) is 1.74. The van der Waals surface area contributed by atoms with E-state index in [-0.39, 0.29) is 11.8 Å². The van der Waals surface area contributed by atoms with E-state index in [0.29, 0.717) is 5.69 Å². The van der Waals surface area contributed by atoms with Crippen LogP contribution < -0.4 is 10.5 Å². The predicted molar refractivity (Wildman–Crippen MR) is 51.9 cm³/mol. The van der Waals surface area contributed by atoms with E-state index >= 15 is 0 Å². The Morgan fingerprint density at radius 1 is 1.47 bits per heavy atom. The monoisotopic (exact) mass is 208 g/mol. The number of aryl methyl sites for hydroxylation is 1. The van der Waals surface area contributed by atoms with Gasteiger partial charge in [-0.2, -0.15) is 4.98 Å². The zero-order chi connectivity index (χ0) is 10.8. The van der Waals surface area contributed by atoms with E-state index in [1.54, 1.807) is 13.1 Å². The highest BCUT2D eigenvalue weighted by Gasteiger charge is 2.07. The predicted octanol–water partition coefficient (Wildman–Crippen LogP) is 1.33. The first-order valence-electron chi connectivity index (χ1n) is 4.23. The smallest absolute Gasteiger partial charge is 0.341 e. The Labute approximate surface area is 85.3 Å². The summed E-state index contributed by atoms with van der Waals surface area (Å²) in [6.07, 6.45) is 1.46. The molecular formula is C9H9FN4O. The quantitative estimate of drug-likeness (QED) is 0.756. The molecule has 15 heavy (non-hydrogen) atoms. The zero-order valence-corrected chi connectivity index (χ0v) is 8.01. The second kappa shape index (κ2) is 3.56. The second-order valence-corrected chi connectivity index (χ2v) is 2.99. The molecule has 0 fully saturated rings. The van der Waals surface area contributed by atoms with E-state index in [2.05, 4.69) is 10.1 Å². The number of rotatable bonds is 2. The van der Waals surface area contributed by atoms with Crippen molar-refractivity contribution in [2.75, 3.05) is 5.73 Å². The Hall–Kier alpha value is -2.11. The van der Waals surface area contributed by atoms with Gasteiger partial charge in [-0.3, -0.25) is 4.68 Å². The van der Waals surface area contributed by atoms with Crippen LogP contribution in [0.2, 0.25) is 0 Å². The lowest BCUT2D eigenvalue weighted by atomic mass is 10.3. The van der Waals surface area contributed by atoms with E-state index in [0.717, 1.165) is 0 Å². The third-order valence-corrected chi connectivity index (χ3v) is 1.74. The highest BCUT2D eigenvalue weighted by Crippen LogP contribution is 2.23. The number of benzene rings is 1. The molecule has 0 unspecified atom stereocenters. The minimum Gasteiger partial charge on any atom is -0.420 e. The summed E-state index contributed by atoms with van der Waals surface area (Å²) >= 11 is 0. The fourth-order valence-electron chi connectivity index (χ4n) is 1.06. The fraction of sp³-hybridized carbons (Fsp3) is 0.111. The van der Waals surface area contributed by atoms with Crippen molar-refractivity contribution in [1.82, 2.24) is 14.8 Å². The first kappa shape index (κ1) is 9.45. The molecule has 0 bridgehead atoms. The molecule has 0 atom stereocenters. The van der Waals surface area contributed by atoms with Crippen LogP contribution in [-0.4, -0.2) is 14.8 Å². The summed E-state index contributed by atoms with van der Waals surface area (Å²) in [4.78, 5) is 3.81. The Morgan fingerprint density at radius 2 is 2.27 bits per heavy atom. The Kier molecular flexibility index (Phi) is 2.24. The molecule has 1 heterocycles. The van der Waals surface area contributed by atoms with Gasteiger partial charge >= 0.3 is 6.01 Å². The number of nitrogens with two attached hydrogens (primary N) is 1. The van der Waals surface area contributed by atoms with Gasteiger partial charge in [-0.05, 0) is 12.1 Å². The van der Waals surface area contributed by atoms with Crippen molar-refractivity contribution in [2.24, 2.45) is 7.05 Å². The number of anilines is 1. The van der Waals surface area contributed by atoms with Crippen LogP contribution in [0.4, 0.5) is 10.1 Å². The van der Waals surface area contributed by atoms with Gasteiger partial charge in [-0.15, -0.1) is 5.10 Å². The zero-order valence-electron chi connectivity index (χ0n) is 8.01. The van der Waals surface area contributed by atoms with E-state index in [1.165, 1.54) is 23.1 Å². The van der Waals surface area contributed by atoms with E-state index in [4.69, 9.17) is 10.5 Å². The standard InChI is InChI=1S/C9H9FN4O/c1-14-5-12-9(13-14)15-8-3-2-6(11)4-7(8)10/h2-5H,11H2,1H3. The largest absolute Gasteiger partial charge is 0.420 e. The summed E-state index contributed by atoms with van der Waals surface area (Å²) in [6, 6.07) is 4.25. The van der Waals surface area contributed by atoms with Gasteiger partial charge in [-0.1, -0.05) is 0 Å². The molecule has 0 amide bonds. The van der Waals surface area contributed by atoms with Crippen LogP contribution in [0.1, 0.15) is 0 Å². The summed E-state index contributed by atoms with van der Waals surface area (Å²) in [5.41, 5.74) is 5.74. The van der Waals surface area contributed by atoms with Crippen LogP contribution in [0.5, 0.6) is 11.8 Å². The van der Waals surface area contributed by atoms with Gasteiger partial charge in [0.05, 0.1) is 0 Å². The normalized spacial score (nSPS) is 10.3. The van der Waals surface area contributed by atoms with Crippen molar-refractivity contribution in [2.45, 2.75) is 0 Å². The lowest BCUT2D eigenvalue weighted by Crippen LogP contribution is -1.93. The minimum atomic E-state index is -0.539. The number of aromatic nitrogens is 3. The maximum atomic E-state index is 13.3. The van der Waals surface area contributed by atoms with Crippen molar-refractivity contribution in [1.29, 1.82) is 0 Å². The molecule has 0 aliphatic heterocycles. The van der Waals surface area contributed by atoms with Gasteiger partial charge in [0.25, 0.3) is 0 Å². The summed E-state index contributed by atoms with van der Waals surface area (Å²) in [5, 5.41) is 3.85. The average Bonchev–Trinajstić information content (AvgIpc) is 2.56. The van der Waals surface area contributed by atoms with Crippen molar-refractivity contribution < 1.29 is 9.13 Å². The lowest BCUT2D eigenvalue weighted by molar-refractivity contribution is 0.409. The van der Waals surface area contributed by atoms with Crippen LogP contribution >= 0.6 is 0 Å². The second-order valence-electron chi connectivity index (χ2n) is 2.99. The first-order valence-corrected chi connectivity index (χ1v) is 4.23. The summed E-state index contributed by atoms with van der Waals surface area (Å²) in [7, 11) is 1.69. The fourth-order valence-corrected chi connectivity index (χ4v) is 1.06. The number of nitrogens with zero attached hydrogens (tertiary/aromatic N) is 3. The molecule has 0 spiro atoms. The minimum absolute atomic E-state index is 0.0513. The molecule has 2 rings (SSSR count). The molecule has 1 aromatic heterocycles. The van der Waals surface area contributed by atoms with Crippen LogP contribution in [0, 0.1) is 5.82 Å². The number of hydrogen-bond acceptors (Lipinski definition) is 4. The van der Waals surface area contributed by atoms with E-state index in [1.807, 2.05) is 0 Å². The first-order chi connectivity index (χ1) is 7.15. The van der Waals surface area contributed by atoms with Gasteiger partial charge in [0.15, 0.2) is 11.6 Å². The topological polar surface area (TPSA) is 66.0 Å². The highest BCUT2D eigenvalue weighted by atomic mass is 19.1. The molecule has 6 heteroatoms. The molecule has 2 N–H and O–H groups in total. The Morgan fingerprint density at radius 3 is 2.87 bits per heavy atom. The van der Waals surface area contributed by atoms with E-state index in [9.17, 15) is 4.39 Å². The van der Waals surface area contributed by atoms with Crippen LogP contribution in [0.15, 0.2) is 24.5 Å². The van der Waals surface area contributed by atoms with Crippen molar-refractivity contribution in [3.63, 3.8) is 0 Å². The molecular weight excluding hydrogens is 199 g/mol. The van der Waals surface area contributed by atoms with Crippen LogP contribution in [-0.2, 0) is 7.05 Å². The van der Waals surface area contributed by atoms with Crippen LogP contribution in [0.25, 0.3) is 0 Å². The molecule has 0 radical (unpaired) electrons. The molecule has 0 aliphatic rings. The average molecular weight is 208 g/mol. The molecule has 5 nitrogen and oxygen atoms in total. The van der Waals surface area contributed by atoms with Gasteiger partial charge in [0.2, 0.25) is 0 Å². The summed E-state index contributed by atoms with van der Waals surface area (Å²) in [6.45, 7) is 0. The maximum absolute atomic E-state index is 13.3. The third kappa shape index (κ3) is 2.04. The molecule has 1 aromatic carbocycles. The Balaban J connectivity index is 2.24. The van der Waals surface area contributed by atoms with Gasteiger partial charge < -0.3 is 10.5 Å². The highest BCUT2D eigenvalue weighted by molar-refractivity contribution is 5.43. The van der Waals surface area contributed by atoms with Gasteiger partial charge in [0, 0.05) is 18.8 Å². The number of ether oxygens (including phenoxy) is 1. The SMILES string of the molecule is Cn1cnc(Oc2ccc(N)cc2F)n1. The van der Waals surface area contributed by atoms with E-state index < -0.39 is 5.82 Å². The Bertz CT molecular complexity index is 483. The maximum Gasteiger partial charge on any atom is 0.341 e.